The number of hydrazone groups is 1. The molecule has 2 aliphatic rings. The third-order valence-electron chi connectivity index (χ3n) is 6.55. The number of likely N-dealkylation sites (tertiary alicyclic amines) is 1. The van der Waals surface area contributed by atoms with Gasteiger partial charge in [0.1, 0.15) is 36.0 Å². The highest BCUT2D eigenvalue weighted by atomic mass is 35.5. The van der Waals surface area contributed by atoms with Crippen LogP contribution >= 0.6 is 11.6 Å². The fourth-order valence-corrected chi connectivity index (χ4v) is 5.00. The maximum Gasteiger partial charge on any atom is 0.408 e. The van der Waals surface area contributed by atoms with E-state index in [9.17, 15) is 23.2 Å². The van der Waals surface area contributed by atoms with Crippen molar-refractivity contribution in [3.63, 3.8) is 0 Å². The molecule has 3 heterocycles. The lowest BCUT2D eigenvalue weighted by Crippen LogP contribution is -2.60. The monoisotopic (exact) mass is 591 g/mol. The Balaban J connectivity index is 1.60. The SMILES string of the molecule is CC(C)(C)OC(=O)N[C@H](COc1cccc(Cl)c1)C(=O)N1CCC2=NN(CC(F)F)C(=O)[C@]2(Cc2ccccn2)C1. The van der Waals surface area contributed by atoms with Gasteiger partial charge in [0, 0.05) is 42.8 Å². The number of fused-ring (bicyclic) bond motifs is 1. The summed E-state index contributed by atoms with van der Waals surface area (Å²) in [6.45, 7) is 3.98. The molecule has 0 spiro atoms. The average Bonchev–Trinajstić information content (AvgIpc) is 3.15. The van der Waals surface area contributed by atoms with Crippen molar-refractivity contribution < 1.29 is 32.6 Å². The Morgan fingerprint density at radius 1 is 1.20 bits per heavy atom. The molecule has 0 saturated carbocycles. The first-order valence-corrected chi connectivity index (χ1v) is 13.5. The van der Waals surface area contributed by atoms with Crippen LogP contribution in [0.1, 0.15) is 32.9 Å². The molecule has 220 valence electrons. The fraction of sp³-hybridized carbons (Fsp3) is 0.464. The molecule has 10 nitrogen and oxygen atoms in total. The molecule has 3 amide bonds. The summed E-state index contributed by atoms with van der Waals surface area (Å²) in [4.78, 5) is 45.9. The molecule has 1 aromatic carbocycles. The number of nitrogens with one attached hydrogen (secondary N) is 1. The van der Waals surface area contributed by atoms with E-state index in [-0.39, 0.29) is 32.5 Å². The minimum Gasteiger partial charge on any atom is -0.491 e. The van der Waals surface area contributed by atoms with Gasteiger partial charge in [-0.15, -0.1) is 0 Å². The zero-order valence-electron chi connectivity index (χ0n) is 23.0. The average molecular weight is 592 g/mol. The largest absolute Gasteiger partial charge is 0.491 e. The zero-order chi connectivity index (χ0) is 29.8. The summed E-state index contributed by atoms with van der Waals surface area (Å²) in [5.41, 5.74) is -1.22. The van der Waals surface area contributed by atoms with Crippen LogP contribution in [0.4, 0.5) is 13.6 Å². The highest BCUT2D eigenvalue weighted by molar-refractivity contribution is 6.30. The Kier molecular flexibility index (Phi) is 9.11. The molecule has 1 aromatic heterocycles. The van der Waals surface area contributed by atoms with Gasteiger partial charge in [-0.2, -0.15) is 5.10 Å². The molecule has 1 N–H and O–H groups in total. The summed E-state index contributed by atoms with van der Waals surface area (Å²) in [5.74, 6) is -0.769. The number of hydrogen-bond donors (Lipinski definition) is 1. The fourth-order valence-electron chi connectivity index (χ4n) is 4.82. The maximum atomic E-state index is 13.9. The number of carbonyl (C=O) groups is 3. The summed E-state index contributed by atoms with van der Waals surface area (Å²) >= 11 is 6.05. The van der Waals surface area contributed by atoms with Gasteiger partial charge in [-0.1, -0.05) is 23.7 Å². The Bertz CT molecular complexity index is 1310. The number of hydrogen-bond acceptors (Lipinski definition) is 7. The molecule has 2 atom stereocenters. The smallest absolute Gasteiger partial charge is 0.408 e. The number of alkyl carbamates (subject to hydrolysis) is 1. The Morgan fingerprint density at radius 3 is 2.63 bits per heavy atom. The molecule has 2 aromatic rings. The zero-order valence-corrected chi connectivity index (χ0v) is 23.7. The first kappa shape index (κ1) is 30.2. The standard InChI is InChI=1S/C28H32ClF2N5O5/c1-27(2,3)41-26(39)33-21(16-40-20-9-6-7-18(29)13-20)24(37)35-12-10-22-28(17-35,14-19-8-4-5-11-32-19)25(38)36(34-22)15-23(30)31/h4-9,11,13,21,23H,10,12,14-17H2,1-3H3,(H,33,39)/t21-,28-/m1/s1. The van der Waals surface area contributed by atoms with Crippen molar-refractivity contribution >= 4 is 35.2 Å². The van der Waals surface area contributed by atoms with E-state index in [2.05, 4.69) is 15.4 Å². The first-order valence-electron chi connectivity index (χ1n) is 13.1. The molecule has 2 aliphatic heterocycles. The molecule has 0 radical (unpaired) electrons. The Labute approximate surface area is 241 Å². The second-order valence-corrected chi connectivity index (χ2v) is 11.3. The molecule has 0 bridgehead atoms. The van der Waals surface area contributed by atoms with Crippen LogP contribution in [0.15, 0.2) is 53.8 Å². The molecule has 4 rings (SSSR count). The van der Waals surface area contributed by atoms with Crippen molar-refractivity contribution in [2.24, 2.45) is 10.5 Å². The van der Waals surface area contributed by atoms with Gasteiger partial charge in [0.05, 0.1) is 5.71 Å². The minimum absolute atomic E-state index is 0.0677. The van der Waals surface area contributed by atoms with Crippen LogP contribution in [0.3, 0.4) is 0 Å². The number of nitrogens with zero attached hydrogens (tertiary/aromatic N) is 4. The highest BCUT2D eigenvalue weighted by Gasteiger charge is 2.55. The third-order valence-corrected chi connectivity index (χ3v) is 6.79. The second-order valence-electron chi connectivity index (χ2n) is 10.9. The maximum absolute atomic E-state index is 13.9. The van der Waals surface area contributed by atoms with Crippen LogP contribution < -0.4 is 10.1 Å². The Hall–Kier alpha value is -3.80. The van der Waals surface area contributed by atoms with Crippen LogP contribution in [0, 0.1) is 5.41 Å². The summed E-state index contributed by atoms with van der Waals surface area (Å²) in [6.07, 6.45) is -1.79. The van der Waals surface area contributed by atoms with Gasteiger partial charge in [-0.3, -0.25) is 14.6 Å². The molecule has 0 unspecified atom stereocenters. The van der Waals surface area contributed by atoms with E-state index in [0.717, 1.165) is 5.01 Å². The number of amides is 3. The van der Waals surface area contributed by atoms with Gasteiger partial charge < -0.3 is 19.7 Å². The predicted molar refractivity (Wildman–Crippen MR) is 147 cm³/mol. The van der Waals surface area contributed by atoms with E-state index in [1.807, 2.05) is 0 Å². The van der Waals surface area contributed by atoms with Crippen LogP contribution in [0.25, 0.3) is 0 Å². The highest BCUT2D eigenvalue weighted by Crippen LogP contribution is 2.38. The molecule has 41 heavy (non-hydrogen) atoms. The minimum atomic E-state index is -2.78. The first-order chi connectivity index (χ1) is 19.4. The number of aromatic nitrogens is 1. The molecule has 1 saturated heterocycles. The van der Waals surface area contributed by atoms with E-state index >= 15 is 0 Å². The molecule has 13 heteroatoms. The van der Waals surface area contributed by atoms with Crippen molar-refractivity contribution in [2.75, 3.05) is 26.2 Å². The van der Waals surface area contributed by atoms with Crippen molar-refractivity contribution in [3.8, 4) is 5.75 Å². The van der Waals surface area contributed by atoms with E-state index < -0.39 is 47.9 Å². The molecule has 0 aliphatic carbocycles. The summed E-state index contributed by atoms with van der Waals surface area (Å²) in [6, 6.07) is 10.6. The van der Waals surface area contributed by atoms with E-state index in [4.69, 9.17) is 21.1 Å². The molecular formula is C28H32ClF2N5O5. The number of ether oxygens (including phenoxy) is 2. The predicted octanol–water partition coefficient (Wildman–Crippen LogP) is 3.93. The number of pyridine rings is 1. The van der Waals surface area contributed by atoms with Crippen molar-refractivity contribution in [3.05, 3.63) is 59.4 Å². The third kappa shape index (κ3) is 7.49. The van der Waals surface area contributed by atoms with Gasteiger partial charge in [0.25, 0.3) is 12.3 Å². The van der Waals surface area contributed by atoms with Crippen LogP contribution in [-0.2, 0) is 20.7 Å². The number of piperidine rings is 1. The summed E-state index contributed by atoms with van der Waals surface area (Å²) in [7, 11) is 0. The summed E-state index contributed by atoms with van der Waals surface area (Å²) in [5, 5.41) is 8.03. The normalized spacial score (nSPS) is 19.5. The van der Waals surface area contributed by atoms with Gasteiger partial charge in [-0.25, -0.2) is 18.6 Å². The lowest BCUT2D eigenvalue weighted by Gasteiger charge is -2.40. The van der Waals surface area contributed by atoms with Crippen LogP contribution in [0.5, 0.6) is 5.75 Å². The number of benzene rings is 1. The van der Waals surface area contributed by atoms with Gasteiger partial charge in [-0.05, 0) is 51.1 Å². The van der Waals surface area contributed by atoms with Gasteiger partial charge in [0.2, 0.25) is 5.91 Å². The van der Waals surface area contributed by atoms with E-state index in [0.29, 0.717) is 22.2 Å². The van der Waals surface area contributed by atoms with E-state index in [1.54, 1.807) is 69.4 Å². The van der Waals surface area contributed by atoms with Gasteiger partial charge >= 0.3 is 6.09 Å². The lowest BCUT2D eigenvalue weighted by atomic mass is 9.74. The lowest BCUT2D eigenvalue weighted by molar-refractivity contribution is -0.143. The number of halogens is 3. The van der Waals surface area contributed by atoms with Gasteiger partial charge in [0.15, 0.2) is 0 Å². The Morgan fingerprint density at radius 2 is 1.98 bits per heavy atom. The van der Waals surface area contributed by atoms with Crippen molar-refractivity contribution in [1.29, 1.82) is 0 Å². The number of rotatable bonds is 9. The number of alkyl halides is 2. The summed E-state index contributed by atoms with van der Waals surface area (Å²) < 4.78 is 37.7. The number of carbonyl (C=O) groups excluding carboxylic acids is 3. The van der Waals surface area contributed by atoms with Crippen LogP contribution in [0.2, 0.25) is 5.02 Å². The quantitative estimate of drug-likeness (QED) is 0.473. The topological polar surface area (TPSA) is 113 Å². The van der Waals surface area contributed by atoms with Crippen molar-refractivity contribution in [2.45, 2.75) is 51.7 Å². The molecule has 1 fully saturated rings. The van der Waals surface area contributed by atoms with Crippen molar-refractivity contribution in [1.82, 2.24) is 20.2 Å². The van der Waals surface area contributed by atoms with Crippen LogP contribution in [-0.4, -0.2) is 82.8 Å². The second kappa shape index (κ2) is 12.4. The molecular weight excluding hydrogens is 560 g/mol. The van der Waals surface area contributed by atoms with E-state index in [1.165, 1.54) is 4.90 Å².